The predicted molar refractivity (Wildman–Crippen MR) is 107 cm³/mol. The first-order chi connectivity index (χ1) is 14.3. The summed E-state index contributed by atoms with van der Waals surface area (Å²) in [6.45, 7) is 9.36. The minimum Gasteiger partial charge on any atom is -0.444 e. The highest BCUT2D eigenvalue weighted by Crippen LogP contribution is 2.35. The number of hydrogen-bond acceptors (Lipinski definition) is 5. The average molecular weight is 447 g/mol. The third-order valence-corrected chi connectivity index (χ3v) is 4.80. The molecule has 0 aliphatic carbocycles. The van der Waals surface area contributed by atoms with E-state index in [-0.39, 0.29) is 12.1 Å². The molecule has 0 bridgehead atoms. The average Bonchev–Trinajstić information content (AvgIpc) is 2.64. The smallest absolute Gasteiger partial charge is 0.416 e. The molecule has 1 amide bonds. The Morgan fingerprint density at radius 1 is 1.16 bits per heavy atom. The zero-order valence-corrected chi connectivity index (χ0v) is 18.0. The number of piperazine rings is 1. The van der Waals surface area contributed by atoms with Crippen LogP contribution in [0, 0.1) is 4.91 Å². The number of ether oxygens (including phenoxy) is 1. The minimum absolute atomic E-state index is 0.0631. The second-order valence-electron chi connectivity index (χ2n) is 8.51. The topological polar surface area (TPSA) is 85.1 Å². The van der Waals surface area contributed by atoms with Gasteiger partial charge in [-0.3, -0.25) is 4.90 Å². The van der Waals surface area contributed by atoms with Gasteiger partial charge in [0, 0.05) is 51.4 Å². The summed E-state index contributed by atoms with van der Waals surface area (Å²) in [6.07, 6.45) is -4.33. The minimum atomic E-state index is -4.62. The molecule has 2 rings (SSSR count). The highest BCUT2D eigenvalue weighted by molar-refractivity contribution is 5.67. The van der Waals surface area contributed by atoms with E-state index < -0.39 is 34.0 Å². The van der Waals surface area contributed by atoms with Gasteiger partial charge in [-0.1, -0.05) is 6.07 Å². The number of alkyl halides is 3. The van der Waals surface area contributed by atoms with Gasteiger partial charge in [0.25, 0.3) is 4.92 Å². The Labute approximate surface area is 179 Å². The zero-order valence-electron chi connectivity index (χ0n) is 18.0. The molecule has 0 spiro atoms. The van der Waals surface area contributed by atoms with Crippen molar-refractivity contribution < 1.29 is 32.8 Å². The summed E-state index contributed by atoms with van der Waals surface area (Å²) in [5.41, 5.74) is -1.86. The fourth-order valence-corrected chi connectivity index (χ4v) is 3.30. The van der Waals surface area contributed by atoms with E-state index in [4.69, 9.17) is 9.94 Å². The number of amides is 1. The van der Waals surface area contributed by atoms with Crippen molar-refractivity contribution in [2.45, 2.75) is 45.5 Å². The van der Waals surface area contributed by atoms with Crippen LogP contribution in [0.3, 0.4) is 0 Å². The van der Waals surface area contributed by atoms with Crippen LogP contribution in [0.25, 0.3) is 0 Å². The van der Waals surface area contributed by atoms with Crippen molar-refractivity contribution in [3.63, 3.8) is 0 Å². The highest BCUT2D eigenvalue weighted by atomic mass is 19.4. The summed E-state index contributed by atoms with van der Waals surface area (Å²) in [7, 11) is 0. The van der Waals surface area contributed by atoms with E-state index in [1.807, 2.05) is 4.90 Å². The summed E-state index contributed by atoms with van der Waals surface area (Å²) >= 11 is 0. The molecule has 0 radical (unpaired) electrons. The number of carbonyl (C=O) groups excluding carboxylic acids is 1. The molecule has 1 saturated heterocycles. The number of benzene rings is 1. The summed E-state index contributed by atoms with van der Waals surface area (Å²) in [5, 5.41) is 11.6. The molecule has 1 aromatic carbocycles. The molecule has 1 heterocycles. The van der Waals surface area contributed by atoms with Gasteiger partial charge < -0.3 is 15.0 Å². The first-order valence-corrected chi connectivity index (χ1v) is 10.1. The first kappa shape index (κ1) is 24.9. The Balaban J connectivity index is 1.79. The van der Waals surface area contributed by atoms with E-state index in [0.717, 1.165) is 13.0 Å². The molecule has 11 heteroatoms. The van der Waals surface area contributed by atoms with Gasteiger partial charge in [-0.25, -0.2) is 10.0 Å². The fourth-order valence-electron chi connectivity index (χ4n) is 3.30. The maximum absolute atomic E-state index is 13.4. The molecule has 1 fully saturated rings. The molecular formula is C20H30F3N4O4+. The predicted octanol–water partition coefficient (Wildman–Crippen LogP) is 3.54. The Morgan fingerprint density at radius 2 is 1.77 bits per heavy atom. The Morgan fingerprint density at radius 3 is 2.32 bits per heavy atom. The number of hydrogen-bond donors (Lipinski definition) is 2. The molecule has 2 N–H and O–H groups in total. The lowest BCUT2D eigenvalue weighted by atomic mass is 10.0. The van der Waals surface area contributed by atoms with Crippen LogP contribution in [-0.2, 0) is 17.5 Å². The molecule has 1 aliphatic heterocycles. The number of halogens is 3. The SMILES string of the molecule is CC(C)(C)OC(=O)NCCCN1CCN(Cc2ccc([N+](=O)O)cc2C(F)(F)F)CC1. The number of nitrogens with one attached hydrogen (secondary N) is 1. The molecule has 0 unspecified atom stereocenters. The fraction of sp³-hybridized carbons (Fsp3) is 0.650. The molecule has 0 atom stereocenters. The van der Waals surface area contributed by atoms with Crippen molar-refractivity contribution in [3.8, 4) is 0 Å². The molecule has 31 heavy (non-hydrogen) atoms. The molecule has 174 valence electrons. The summed E-state index contributed by atoms with van der Waals surface area (Å²) in [5.74, 6) is 0. The number of carbonyl (C=O) groups is 1. The molecule has 0 saturated carbocycles. The van der Waals surface area contributed by atoms with Crippen LogP contribution in [0.4, 0.5) is 23.7 Å². The van der Waals surface area contributed by atoms with Crippen LogP contribution in [0.15, 0.2) is 18.2 Å². The van der Waals surface area contributed by atoms with E-state index in [1.54, 1.807) is 20.8 Å². The van der Waals surface area contributed by atoms with Gasteiger partial charge in [-0.2, -0.15) is 13.2 Å². The number of rotatable bonds is 7. The van der Waals surface area contributed by atoms with Crippen LogP contribution in [0.1, 0.15) is 38.3 Å². The van der Waals surface area contributed by atoms with Crippen LogP contribution in [0.5, 0.6) is 0 Å². The quantitative estimate of drug-likeness (QED) is 0.491. The van der Waals surface area contributed by atoms with E-state index >= 15 is 0 Å². The van der Waals surface area contributed by atoms with Crippen molar-refractivity contribution in [2.75, 3.05) is 39.3 Å². The third kappa shape index (κ3) is 8.33. The van der Waals surface area contributed by atoms with Gasteiger partial charge in [0.15, 0.2) is 0 Å². The van der Waals surface area contributed by atoms with E-state index in [0.29, 0.717) is 38.8 Å². The summed E-state index contributed by atoms with van der Waals surface area (Å²) in [4.78, 5) is 26.1. The molecule has 1 aliphatic rings. The van der Waals surface area contributed by atoms with Gasteiger partial charge in [0.2, 0.25) is 0 Å². The van der Waals surface area contributed by atoms with Gasteiger partial charge >= 0.3 is 18.0 Å². The van der Waals surface area contributed by atoms with Gasteiger partial charge in [0.05, 0.1) is 10.5 Å². The van der Waals surface area contributed by atoms with Gasteiger partial charge in [-0.15, -0.1) is 0 Å². The van der Waals surface area contributed by atoms with E-state index in [2.05, 4.69) is 10.2 Å². The van der Waals surface area contributed by atoms with Crippen molar-refractivity contribution in [2.24, 2.45) is 0 Å². The highest BCUT2D eigenvalue weighted by Gasteiger charge is 2.36. The third-order valence-electron chi connectivity index (χ3n) is 4.80. The van der Waals surface area contributed by atoms with Crippen molar-refractivity contribution in [1.82, 2.24) is 15.1 Å². The summed E-state index contributed by atoms with van der Waals surface area (Å²) in [6, 6.07) is 3.07. The van der Waals surface area contributed by atoms with Crippen molar-refractivity contribution >= 4 is 11.8 Å². The van der Waals surface area contributed by atoms with Crippen molar-refractivity contribution in [3.05, 3.63) is 34.2 Å². The number of alkyl carbamates (subject to hydrolysis) is 1. The van der Waals surface area contributed by atoms with Crippen LogP contribution < -0.4 is 5.32 Å². The normalized spacial score (nSPS) is 16.2. The Hall–Kier alpha value is -2.40. The van der Waals surface area contributed by atoms with Crippen molar-refractivity contribution in [1.29, 1.82) is 0 Å². The lowest BCUT2D eigenvalue weighted by Gasteiger charge is -2.35. The molecule has 0 aromatic heterocycles. The van der Waals surface area contributed by atoms with Gasteiger partial charge in [-0.05, 0) is 39.3 Å². The Bertz CT molecular complexity index is 773. The lowest BCUT2D eigenvalue weighted by Crippen LogP contribution is -2.46. The zero-order chi connectivity index (χ0) is 23.2. The van der Waals surface area contributed by atoms with E-state index in [1.165, 1.54) is 12.1 Å². The largest absolute Gasteiger partial charge is 0.444 e. The molecule has 1 aromatic rings. The standard InChI is InChI=1S/C20H29F3N4O4/c1-19(2,3)31-18(28)24-7-4-8-25-9-11-26(12-10-25)14-15-5-6-16(27(29)30)13-17(15)20(21,22)23/h5-6,13H,4,7-12,14H2,1-3H3,(H-,24,28,29,30)/p+1. The maximum Gasteiger partial charge on any atom is 0.416 e. The number of nitrogens with zero attached hydrogens (tertiary/aromatic N) is 3. The monoisotopic (exact) mass is 447 g/mol. The lowest BCUT2D eigenvalue weighted by molar-refractivity contribution is -0.729. The molecular weight excluding hydrogens is 417 g/mol. The second-order valence-corrected chi connectivity index (χ2v) is 8.51. The second kappa shape index (κ2) is 10.3. The maximum atomic E-state index is 13.4. The van der Waals surface area contributed by atoms with Crippen LogP contribution in [0.2, 0.25) is 0 Å². The van der Waals surface area contributed by atoms with E-state index in [9.17, 15) is 22.9 Å². The molecule has 8 nitrogen and oxygen atoms in total. The van der Waals surface area contributed by atoms with Crippen LogP contribution in [-0.4, -0.2) is 70.9 Å². The van der Waals surface area contributed by atoms with Crippen LogP contribution >= 0.6 is 0 Å². The Kier molecular flexibility index (Phi) is 8.24. The summed E-state index contributed by atoms with van der Waals surface area (Å²) < 4.78 is 45.3. The first-order valence-electron chi connectivity index (χ1n) is 10.1. The van der Waals surface area contributed by atoms with Gasteiger partial charge in [0.1, 0.15) is 5.60 Å².